The van der Waals surface area contributed by atoms with Gasteiger partial charge >= 0.3 is 5.97 Å². The van der Waals surface area contributed by atoms with Crippen LogP contribution in [-0.2, 0) is 4.74 Å². The van der Waals surface area contributed by atoms with E-state index in [1.165, 1.54) is 19.4 Å². The first kappa shape index (κ1) is 17.3. The van der Waals surface area contributed by atoms with Crippen molar-refractivity contribution < 1.29 is 18.3 Å². The number of ether oxygens (including phenoxy) is 1. The Morgan fingerprint density at radius 1 is 1.00 bits per heavy atom. The molecule has 0 fully saturated rings. The Balaban J connectivity index is 1.86. The van der Waals surface area contributed by atoms with Crippen molar-refractivity contribution in [1.82, 2.24) is 9.97 Å². The zero-order valence-electron chi connectivity index (χ0n) is 13.7. The first-order chi connectivity index (χ1) is 12.6. The van der Waals surface area contributed by atoms with Gasteiger partial charge in [0.15, 0.2) is 0 Å². The maximum absolute atomic E-state index is 13.7. The lowest BCUT2D eigenvalue weighted by atomic mass is 10.2. The van der Waals surface area contributed by atoms with Crippen molar-refractivity contribution in [3.05, 3.63) is 71.9 Å². The average Bonchev–Trinajstić information content (AvgIpc) is 2.65. The normalized spacial score (nSPS) is 10.3. The van der Waals surface area contributed by atoms with Crippen LogP contribution in [0.3, 0.4) is 0 Å². The van der Waals surface area contributed by atoms with Gasteiger partial charge in [-0.3, -0.25) is 0 Å². The fourth-order valence-electron chi connectivity index (χ4n) is 2.24. The number of methoxy groups -OCH3 is 1. The Bertz CT molecular complexity index is 930. The molecule has 0 amide bonds. The second-order valence-electron chi connectivity index (χ2n) is 5.15. The summed E-state index contributed by atoms with van der Waals surface area (Å²) in [6.45, 7) is 0. The molecule has 1 heterocycles. The van der Waals surface area contributed by atoms with Gasteiger partial charge in [-0.1, -0.05) is 18.2 Å². The number of nitrogens with one attached hydrogen (secondary N) is 2. The van der Waals surface area contributed by atoms with Crippen LogP contribution in [0, 0.1) is 11.6 Å². The number of halogens is 2. The lowest BCUT2D eigenvalue weighted by Crippen LogP contribution is -2.07. The molecule has 0 aliphatic rings. The minimum atomic E-state index is -0.761. The molecule has 0 bridgehead atoms. The lowest BCUT2D eigenvalue weighted by molar-refractivity contribution is 0.0602. The zero-order chi connectivity index (χ0) is 18.5. The summed E-state index contributed by atoms with van der Waals surface area (Å²) in [7, 11) is 1.29. The van der Waals surface area contributed by atoms with Crippen LogP contribution in [0.1, 0.15) is 10.4 Å². The van der Waals surface area contributed by atoms with Crippen LogP contribution in [0.15, 0.2) is 54.7 Å². The van der Waals surface area contributed by atoms with Crippen LogP contribution in [0.5, 0.6) is 0 Å². The molecule has 0 atom stereocenters. The quantitative estimate of drug-likeness (QED) is 0.672. The summed E-state index contributed by atoms with van der Waals surface area (Å²) in [5, 5.41) is 5.48. The predicted molar refractivity (Wildman–Crippen MR) is 92.7 cm³/mol. The third kappa shape index (κ3) is 3.75. The molecule has 6 nitrogen and oxygen atoms in total. The molecule has 8 heteroatoms. The fourth-order valence-corrected chi connectivity index (χ4v) is 2.24. The van der Waals surface area contributed by atoms with E-state index in [0.717, 1.165) is 12.1 Å². The Kier molecular flexibility index (Phi) is 5.02. The number of carbonyl (C=O) groups is 1. The number of aromatic nitrogens is 2. The van der Waals surface area contributed by atoms with Gasteiger partial charge in [-0.25, -0.2) is 18.6 Å². The fraction of sp³-hybridized carbons (Fsp3) is 0.0556. The van der Waals surface area contributed by atoms with E-state index in [-0.39, 0.29) is 11.6 Å². The monoisotopic (exact) mass is 356 g/mol. The predicted octanol–water partition coefficient (Wildman–Crippen LogP) is 4.03. The highest BCUT2D eigenvalue weighted by atomic mass is 19.1. The van der Waals surface area contributed by atoms with Gasteiger partial charge in [0.05, 0.1) is 18.4 Å². The average molecular weight is 356 g/mol. The van der Waals surface area contributed by atoms with Gasteiger partial charge in [0.2, 0.25) is 5.95 Å². The third-order valence-corrected chi connectivity index (χ3v) is 3.45. The van der Waals surface area contributed by atoms with E-state index in [1.807, 2.05) is 0 Å². The minimum absolute atomic E-state index is 0.00505. The summed E-state index contributed by atoms with van der Waals surface area (Å²) in [6.07, 6.45) is 1.41. The van der Waals surface area contributed by atoms with Crippen LogP contribution < -0.4 is 10.6 Å². The van der Waals surface area contributed by atoms with E-state index in [1.54, 1.807) is 30.3 Å². The zero-order valence-corrected chi connectivity index (χ0v) is 13.7. The summed E-state index contributed by atoms with van der Waals surface area (Å²) < 4.78 is 32.2. The Hall–Kier alpha value is -3.55. The van der Waals surface area contributed by atoms with Gasteiger partial charge in [-0.05, 0) is 30.3 Å². The van der Waals surface area contributed by atoms with Gasteiger partial charge in [-0.15, -0.1) is 0 Å². The number of esters is 1. The molecule has 0 aliphatic heterocycles. The van der Waals surface area contributed by atoms with Crippen molar-refractivity contribution in [3.63, 3.8) is 0 Å². The lowest BCUT2D eigenvalue weighted by Gasteiger charge is -2.11. The number of nitrogens with zero attached hydrogens (tertiary/aromatic N) is 2. The van der Waals surface area contributed by atoms with Crippen molar-refractivity contribution in [1.29, 1.82) is 0 Å². The Morgan fingerprint density at radius 3 is 2.46 bits per heavy atom. The number of anilines is 4. The molecule has 2 N–H and O–H groups in total. The molecule has 0 spiro atoms. The smallest absolute Gasteiger partial charge is 0.339 e. The standard InChI is InChI=1S/C18H14F2N4O2/c1-26-17(25)11-5-2-3-8-14(11)22-15-9-10-21-18(23-15)24-16-12(19)6-4-7-13(16)20/h2-10H,1H3,(H2,21,22,23,24). The summed E-state index contributed by atoms with van der Waals surface area (Å²) in [5.74, 6) is -1.70. The van der Waals surface area contributed by atoms with E-state index in [4.69, 9.17) is 4.74 Å². The number of carbonyl (C=O) groups excluding carboxylic acids is 1. The first-order valence-electron chi connectivity index (χ1n) is 7.57. The molecule has 0 radical (unpaired) electrons. The topological polar surface area (TPSA) is 76.1 Å². The maximum Gasteiger partial charge on any atom is 0.339 e. The van der Waals surface area contributed by atoms with E-state index < -0.39 is 17.6 Å². The second kappa shape index (κ2) is 7.56. The minimum Gasteiger partial charge on any atom is -0.465 e. The van der Waals surface area contributed by atoms with Crippen molar-refractivity contribution >= 4 is 29.1 Å². The van der Waals surface area contributed by atoms with Gasteiger partial charge in [0, 0.05) is 6.20 Å². The van der Waals surface area contributed by atoms with Crippen molar-refractivity contribution in [2.45, 2.75) is 0 Å². The van der Waals surface area contributed by atoms with Crippen molar-refractivity contribution in [2.24, 2.45) is 0 Å². The van der Waals surface area contributed by atoms with Crippen molar-refractivity contribution in [2.75, 3.05) is 17.7 Å². The number of hydrogen-bond donors (Lipinski definition) is 2. The molecule has 0 saturated carbocycles. The van der Waals surface area contributed by atoms with Gasteiger partial charge in [-0.2, -0.15) is 4.98 Å². The first-order valence-corrected chi connectivity index (χ1v) is 7.57. The second-order valence-corrected chi connectivity index (χ2v) is 5.15. The molecule has 3 rings (SSSR count). The Labute approximate surface area is 147 Å². The van der Waals surface area contributed by atoms with Crippen LogP contribution in [0.2, 0.25) is 0 Å². The van der Waals surface area contributed by atoms with Crippen LogP contribution in [0.4, 0.5) is 31.9 Å². The summed E-state index contributed by atoms with van der Waals surface area (Å²) in [5.41, 5.74) is 0.448. The van der Waals surface area contributed by atoms with Crippen LogP contribution in [-0.4, -0.2) is 23.0 Å². The van der Waals surface area contributed by atoms with Crippen LogP contribution in [0.25, 0.3) is 0 Å². The highest BCUT2D eigenvalue weighted by molar-refractivity contribution is 5.96. The molecular weight excluding hydrogens is 342 g/mol. The maximum atomic E-state index is 13.7. The van der Waals surface area contributed by atoms with Crippen LogP contribution >= 0.6 is 0 Å². The highest BCUT2D eigenvalue weighted by Crippen LogP contribution is 2.23. The van der Waals surface area contributed by atoms with Gasteiger partial charge in [0.1, 0.15) is 23.1 Å². The third-order valence-electron chi connectivity index (χ3n) is 3.45. The summed E-state index contributed by atoms with van der Waals surface area (Å²) in [6, 6.07) is 11.8. The molecular formula is C18H14F2N4O2. The van der Waals surface area contributed by atoms with E-state index >= 15 is 0 Å². The number of hydrogen-bond acceptors (Lipinski definition) is 6. The SMILES string of the molecule is COC(=O)c1ccccc1Nc1ccnc(Nc2c(F)cccc2F)n1. The van der Waals surface area contributed by atoms with E-state index in [9.17, 15) is 13.6 Å². The molecule has 0 saturated heterocycles. The molecule has 1 aromatic heterocycles. The molecule has 2 aromatic carbocycles. The van der Waals surface area contributed by atoms with Crippen molar-refractivity contribution in [3.8, 4) is 0 Å². The molecule has 26 heavy (non-hydrogen) atoms. The largest absolute Gasteiger partial charge is 0.465 e. The highest BCUT2D eigenvalue weighted by Gasteiger charge is 2.13. The molecule has 0 unspecified atom stereocenters. The number of para-hydroxylation sites is 2. The van der Waals surface area contributed by atoms with E-state index in [2.05, 4.69) is 20.6 Å². The number of rotatable bonds is 5. The summed E-state index contributed by atoms with van der Waals surface area (Å²) in [4.78, 5) is 19.9. The summed E-state index contributed by atoms with van der Waals surface area (Å²) >= 11 is 0. The molecule has 132 valence electrons. The molecule has 0 aliphatic carbocycles. The Morgan fingerprint density at radius 2 is 1.73 bits per heavy atom. The van der Waals surface area contributed by atoms with E-state index in [0.29, 0.717) is 17.1 Å². The van der Waals surface area contributed by atoms with Gasteiger partial charge < -0.3 is 15.4 Å². The number of benzene rings is 2. The molecule has 3 aromatic rings. The van der Waals surface area contributed by atoms with Gasteiger partial charge in [0.25, 0.3) is 0 Å².